The number of halogens is 2. The number of carbonyl (C=O) groups excluding carboxylic acids is 1. The number of hydrogen-bond donors (Lipinski definition) is 1. The molecule has 39 heavy (non-hydrogen) atoms. The number of nitrogens with one attached hydrogen (secondary N) is 1. The van der Waals surface area contributed by atoms with Crippen LogP contribution in [0.25, 0.3) is 0 Å². The van der Waals surface area contributed by atoms with Crippen molar-refractivity contribution in [3.63, 3.8) is 0 Å². The van der Waals surface area contributed by atoms with Gasteiger partial charge in [0, 0.05) is 54.1 Å². The Balaban J connectivity index is 1.47. The number of anilines is 3. The fraction of sp³-hybridized carbons (Fsp3) is 0.269. The van der Waals surface area contributed by atoms with Gasteiger partial charge in [-0.05, 0) is 61.5 Å². The van der Waals surface area contributed by atoms with Gasteiger partial charge in [0.05, 0.1) is 22.4 Å². The van der Waals surface area contributed by atoms with Crippen LogP contribution in [0.3, 0.4) is 0 Å². The number of sulfonamides is 2. The molecule has 3 aromatic rings. The van der Waals surface area contributed by atoms with Gasteiger partial charge in [-0.25, -0.2) is 16.8 Å². The molecular weight excluding hydrogens is 583 g/mol. The highest BCUT2D eigenvalue weighted by atomic mass is 35.5. The fourth-order valence-electron chi connectivity index (χ4n) is 4.42. The van der Waals surface area contributed by atoms with Gasteiger partial charge in [0.1, 0.15) is 0 Å². The van der Waals surface area contributed by atoms with Crippen LogP contribution in [0.15, 0.2) is 71.6 Å². The molecule has 1 aliphatic heterocycles. The van der Waals surface area contributed by atoms with E-state index in [1.807, 2.05) is 11.8 Å². The van der Waals surface area contributed by atoms with Gasteiger partial charge in [-0.15, -0.1) is 0 Å². The van der Waals surface area contributed by atoms with E-state index in [9.17, 15) is 21.6 Å². The zero-order valence-electron chi connectivity index (χ0n) is 21.5. The predicted molar refractivity (Wildman–Crippen MR) is 156 cm³/mol. The van der Waals surface area contributed by atoms with Crippen LogP contribution in [0.4, 0.5) is 17.1 Å². The van der Waals surface area contributed by atoms with Crippen LogP contribution in [-0.4, -0.2) is 66.0 Å². The normalized spacial score (nSPS) is 16.6. The summed E-state index contributed by atoms with van der Waals surface area (Å²) in [5.74, 6) is -0.525. The lowest BCUT2D eigenvalue weighted by atomic mass is 10.1. The summed E-state index contributed by atoms with van der Waals surface area (Å²) in [6.07, 6.45) is 1.05. The summed E-state index contributed by atoms with van der Waals surface area (Å²) in [7, 11) is -6.01. The van der Waals surface area contributed by atoms with Crippen LogP contribution in [0, 0.1) is 0 Å². The summed E-state index contributed by atoms with van der Waals surface area (Å²) >= 11 is 12.3. The molecule has 208 valence electrons. The molecule has 1 aliphatic rings. The van der Waals surface area contributed by atoms with Crippen LogP contribution < -0.4 is 14.5 Å². The Hall–Kier alpha value is -2.83. The van der Waals surface area contributed by atoms with Crippen LogP contribution in [-0.2, 0) is 20.0 Å². The number of piperazine rings is 1. The molecule has 0 aliphatic carbocycles. The first kappa shape index (κ1) is 29.2. The Morgan fingerprint density at radius 2 is 1.56 bits per heavy atom. The summed E-state index contributed by atoms with van der Waals surface area (Å²) in [5.41, 5.74) is 1.59. The molecule has 0 radical (unpaired) electrons. The van der Waals surface area contributed by atoms with Gasteiger partial charge < -0.3 is 10.2 Å². The fourth-order valence-corrected chi connectivity index (χ4v) is 7.06. The molecule has 1 heterocycles. The van der Waals surface area contributed by atoms with Crippen LogP contribution in [0.2, 0.25) is 10.0 Å². The standard InChI is InChI=1S/C26H28Cl2N4O5S2/c1-18-17-31(22-15-19(27)14-20(28)16-22)12-13-32(18)39(36,37)23-10-8-21(9-11-23)29-26(33)24-6-4-5-7-25(24)30(2)38(3,34)35/h4-11,14-16,18H,12-13,17H2,1-3H3,(H,29,33)/t18-/m1/s1. The number of carbonyl (C=O) groups is 1. The van der Waals surface area contributed by atoms with Crippen molar-refractivity contribution in [2.24, 2.45) is 0 Å². The Morgan fingerprint density at radius 1 is 0.949 bits per heavy atom. The van der Waals surface area contributed by atoms with E-state index in [4.69, 9.17) is 23.2 Å². The molecule has 1 N–H and O–H groups in total. The van der Waals surface area contributed by atoms with E-state index in [1.54, 1.807) is 30.3 Å². The molecule has 0 unspecified atom stereocenters. The van der Waals surface area contributed by atoms with E-state index >= 15 is 0 Å². The molecule has 3 aromatic carbocycles. The van der Waals surface area contributed by atoms with Crippen molar-refractivity contribution < 1.29 is 21.6 Å². The highest BCUT2D eigenvalue weighted by molar-refractivity contribution is 7.92. The monoisotopic (exact) mass is 610 g/mol. The SMILES string of the molecule is C[C@@H]1CN(c2cc(Cl)cc(Cl)c2)CCN1S(=O)(=O)c1ccc(NC(=O)c2ccccc2N(C)S(C)(=O)=O)cc1. The van der Waals surface area contributed by atoms with Crippen molar-refractivity contribution in [3.8, 4) is 0 Å². The van der Waals surface area contributed by atoms with E-state index in [0.29, 0.717) is 28.8 Å². The number of benzene rings is 3. The molecule has 0 saturated carbocycles. The minimum absolute atomic E-state index is 0.101. The number of rotatable bonds is 7. The van der Waals surface area contributed by atoms with Gasteiger partial charge in [-0.3, -0.25) is 9.10 Å². The lowest BCUT2D eigenvalue weighted by molar-refractivity contribution is 0.102. The molecule has 1 amide bonds. The van der Waals surface area contributed by atoms with Gasteiger partial charge in [0.15, 0.2) is 0 Å². The minimum Gasteiger partial charge on any atom is -0.369 e. The molecule has 0 aromatic heterocycles. The van der Waals surface area contributed by atoms with E-state index < -0.39 is 26.0 Å². The third-order valence-electron chi connectivity index (χ3n) is 6.48. The lowest BCUT2D eigenvalue weighted by Gasteiger charge is -2.40. The van der Waals surface area contributed by atoms with Crippen LogP contribution in [0.1, 0.15) is 17.3 Å². The zero-order chi connectivity index (χ0) is 28.5. The highest BCUT2D eigenvalue weighted by Gasteiger charge is 2.34. The first-order chi connectivity index (χ1) is 18.3. The van der Waals surface area contributed by atoms with Gasteiger partial charge in [0.25, 0.3) is 5.91 Å². The average Bonchev–Trinajstić information content (AvgIpc) is 2.87. The van der Waals surface area contributed by atoms with Crippen LogP contribution in [0.5, 0.6) is 0 Å². The van der Waals surface area contributed by atoms with Crippen molar-refractivity contribution in [3.05, 3.63) is 82.3 Å². The summed E-state index contributed by atoms with van der Waals surface area (Å²) in [5, 5.41) is 3.73. The molecule has 1 fully saturated rings. The maximum atomic E-state index is 13.4. The summed E-state index contributed by atoms with van der Waals surface area (Å²) in [6.45, 7) is 3.05. The molecule has 1 saturated heterocycles. The number of para-hydroxylation sites is 1. The average molecular weight is 612 g/mol. The van der Waals surface area contributed by atoms with E-state index in [2.05, 4.69) is 5.32 Å². The first-order valence-corrected chi connectivity index (χ1v) is 16.0. The zero-order valence-corrected chi connectivity index (χ0v) is 24.6. The maximum Gasteiger partial charge on any atom is 0.257 e. The van der Waals surface area contributed by atoms with E-state index in [0.717, 1.165) is 16.2 Å². The Morgan fingerprint density at radius 3 is 2.15 bits per heavy atom. The lowest BCUT2D eigenvalue weighted by Crippen LogP contribution is -2.54. The third-order valence-corrected chi connectivity index (χ3v) is 10.1. The number of hydrogen-bond acceptors (Lipinski definition) is 6. The Kier molecular flexibility index (Phi) is 8.48. The molecule has 9 nitrogen and oxygen atoms in total. The van der Waals surface area contributed by atoms with Crippen molar-refractivity contribution in [2.45, 2.75) is 17.9 Å². The van der Waals surface area contributed by atoms with Crippen molar-refractivity contribution in [2.75, 3.05) is 47.5 Å². The summed E-state index contributed by atoms with van der Waals surface area (Å²) < 4.78 is 53.3. The van der Waals surface area contributed by atoms with Gasteiger partial charge >= 0.3 is 0 Å². The highest BCUT2D eigenvalue weighted by Crippen LogP contribution is 2.30. The first-order valence-electron chi connectivity index (χ1n) is 11.9. The molecule has 4 rings (SSSR count). The second-order valence-electron chi connectivity index (χ2n) is 9.26. The van der Waals surface area contributed by atoms with Crippen molar-refractivity contribution >= 4 is 66.2 Å². The molecule has 0 bridgehead atoms. The molecular formula is C26H28Cl2N4O5S2. The molecule has 0 spiro atoms. The van der Waals surface area contributed by atoms with Gasteiger partial charge in [-0.2, -0.15) is 4.31 Å². The largest absolute Gasteiger partial charge is 0.369 e. The number of amides is 1. The minimum atomic E-state index is -3.80. The molecule has 1 atom stereocenters. The van der Waals surface area contributed by atoms with E-state index in [-0.39, 0.29) is 28.7 Å². The predicted octanol–water partition coefficient (Wildman–Crippen LogP) is 4.54. The maximum absolute atomic E-state index is 13.4. The smallest absolute Gasteiger partial charge is 0.257 e. The Labute approximate surface area is 239 Å². The summed E-state index contributed by atoms with van der Waals surface area (Å²) in [6, 6.07) is 17.1. The van der Waals surface area contributed by atoms with Gasteiger partial charge in [-0.1, -0.05) is 35.3 Å². The second-order valence-corrected chi connectivity index (χ2v) is 14.0. The van der Waals surface area contributed by atoms with Crippen molar-refractivity contribution in [1.29, 1.82) is 0 Å². The van der Waals surface area contributed by atoms with Crippen molar-refractivity contribution in [1.82, 2.24) is 4.31 Å². The third kappa shape index (κ3) is 6.50. The van der Waals surface area contributed by atoms with Crippen LogP contribution >= 0.6 is 23.2 Å². The van der Waals surface area contributed by atoms with Gasteiger partial charge in [0.2, 0.25) is 20.0 Å². The Bertz CT molecular complexity index is 1580. The summed E-state index contributed by atoms with van der Waals surface area (Å²) in [4.78, 5) is 15.1. The quantitative estimate of drug-likeness (QED) is 0.421. The van der Waals surface area contributed by atoms with E-state index in [1.165, 1.54) is 47.8 Å². The topological polar surface area (TPSA) is 107 Å². The number of nitrogens with zero attached hydrogens (tertiary/aromatic N) is 3. The second kappa shape index (κ2) is 11.3. The molecule has 13 heteroatoms.